The first-order chi connectivity index (χ1) is 7.71. The van der Waals surface area contributed by atoms with Crippen LogP contribution in [-0.4, -0.2) is 14.9 Å². The van der Waals surface area contributed by atoms with E-state index < -0.39 is 16.9 Å². The van der Waals surface area contributed by atoms with Crippen LogP contribution in [0.1, 0.15) is 49.0 Å². The van der Waals surface area contributed by atoms with E-state index in [-0.39, 0.29) is 10.8 Å². The summed E-state index contributed by atoms with van der Waals surface area (Å²) in [4.78, 5) is 11.9. The van der Waals surface area contributed by atoms with Gasteiger partial charge in [0.2, 0.25) is 5.91 Å². The third-order valence-corrected chi connectivity index (χ3v) is 4.97. The van der Waals surface area contributed by atoms with E-state index in [9.17, 15) is 9.00 Å². The molecule has 17 heavy (non-hydrogen) atoms. The van der Waals surface area contributed by atoms with Crippen LogP contribution in [0, 0.1) is 0 Å². The third kappa shape index (κ3) is 3.90. The standard InChI is InChI=1S/C11H18N2O2S2/c1-7(13-17(15)11(2,3)4)9-5-8(6-16-9)10(12)14/h5-7,13H,1-4H3,(H2,12,14)/t7-,17?/m1/s1. The Morgan fingerprint density at radius 1 is 1.53 bits per heavy atom. The van der Waals surface area contributed by atoms with Crippen molar-refractivity contribution in [1.29, 1.82) is 0 Å². The molecule has 0 bridgehead atoms. The molecule has 0 aliphatic heterocycles. The van der Waals surface area contributed by atoms with Gasteiger partial charge in [0, 0.05) is 10.3 Å². The summed E-state index contributed by atoms with van der Waals surface area (Å²) in [5.41, 5.74) is 5.69. The Balaban J connectivity index is 2.73. The zero-order chi connectivity index (χ0) is 13.2. The molecule has 0 aliphatic rings. The fraction of sp³-hybridized carbons (Fsp3) is 0.545. The van der Waals surface area contributed by atoms with Gasteiger partial charge < -0.3 is 5.73 Å². The SMILES string of the molecule is C[C@@H](NS(=O)C(C)(C)C)c1cc(C(N)=O)cs1. The normalized spacial score (nSPS) is 15.5. The molecule has 0 fully saturated rings. The van der Waals surface area contributed by atoms with E-state index in [1.165, 1.54) is 11.3 Å². The Morgan fingerprint density at radius 3 is 2.53 bits per heavy atom. The smallest absolute Gasteiger partial charge is 0.249 e. The van der Waals surface area contributed by atoms with Crippen LogP contribution in [0.25, 0.3) is 0 Å². The monoisotopic (exact) mass is 274 g/mol. The lowest BCUT2D eigenvalue weighted by atomic mass is 10.2. The van der Waals surface area contributed by atoms with Crippen LogP contribution in [-0.2, 0) is 11.0 Å². The molecule has 3 N–H and O–H groups in total. The van der Waals surface area contributed by atoms with E-state index in [0.29, 0.717) is 5.56 Å². The number of hydrogen-bond donors (Lipinski definition) is 2. The molecule has 0 saturated heterocycles. The first kappa shape index (κ1) is 14.3. The van der Waals surface area contributed by atoms with Crippen molar-refractivity contribution in [2.75, 3.05) is 0 Å². The summed E-state index contributed by atoms with van der Waals surface area (Å²) in [5.74, 6) is -0.434. The van der Waals surface area contributed by atoms with Crippen molar-refractivity contribution in [3.63, 3.8) is 0 Å². The van der Waals surface area contributed by atoms with Crippen LogP contribution >= 0.6 is 11.3 Å². The number of rotatable bonds is 4. The lowest BCUT2D eigenvalue weighted by molar-refractivity contribution is 0.100. The van der Waals surface area contributed by atoms with Crippen LogP contribution in [0.4, 0.5) is 0 Å². The highest BCUT2D eigenvalue weighted by atomic mass is 32.2. The molecule has 1 amide bonds. The Morgan fingerprint density at radius 2 is 2.12 bits per heavy atom. The maximum Gasteiger partial charge on any atom is 0.249 e. The van der Waals surface area contributed by atoms with Gasteiger partial charge in [0.1, 0.15) is 0 Å². The first-order valence-corrected chi connectivity index (χ1v) is 7.31. The minimum Gasteiger partial charge on any atom is -0.366 e. The molecule has 0 radical (unpaired) electrons. The van der Waals surface area contributed by atoms with Gasteiger partial charge in [-0.1, -0.05) is 0 Å². The summed E-state index contributed by atoms with van der Waals surface area (Å²) < 4.78 is 14.6. The predicted octanol–water partition coefficient (Wildman–Crippen LogP) is 1.96. The van der Waals surface area contributed by atoms with E-state index in [2.05, 4.69) is 4.72 Å². The molecular formula is C11H18N2O2S2. The van der Waals surface area contributed by atoms with Gasteiger partial charge in [-0.2, -0.15) is 0 Å². The van der Waals surface area contributed by atoms with Crippen molar-refractivity contribution in [2.45, 2.75) is 38.5 Å². The summed E-state index contributed by atoms with van der Waals surface area (Å²) in [5, 5.41) is 1.72. The summed E-state index contributed by atoms with van der Waals surface area (Å²) in [6.07, 6.45) is 0. The summed E-state index contributed by atoms with van der Waals surface area (Å²) in [6, 6.07) is 1.68. The van der Waals surface area contributed by atoms with Crippen molar-refractivity contribution in [3.8, 4) is 0 Å². The quantitative estimate of drug-likeness (QED) is 0.881. The lowest BCUT2D eigenvalue weighted by Crippen LogP contribution is -2.34. The van der Waals surface area contributed by atoms with Gasteiger partial charge in [-0.25, -0.2) is 8.93 Å². The summed E-state index contributed by atoms with van der Waals surface area (Å²) in [7, 11) is -1.13. The van der Waals surface area contributed by atoms with E-state index in [0.717, 1.165) is 4.88 Å². The van der Waals surface area contributed by atoms with E-state index in [1.54, 1.807) is 11.4 Å². The second-order valence-corrected chi connectivity index (χ2v) is 7.76. The maximum absolute atomic E-state index is 11.9. The Labute approximate surface area is 108 Å². The number of carbonyl (C=O) groups is 1. The van der Waals surface area contributed by atoms with Gasteiger partial charge in [0.15, 0.2) is 0 Å². The molecule has 1 aromatic rings. The number of nitrogens with one attached hydrogen (secondary N) is 1. The summed E-state index contributed by atoms with van der Waals surface area (Å²) in [6.45, 7) is 7.64. The number of amides is 1. The molecule has 6 heteroatoms. The second kappa shape index (κ2) is 5.29. The van der Waals surface area contributed by atoms with Crippen molar-refractivity contribution in [2.24, 2.45) is 5.73 Å². The molecule has 0 saturated carbocycles. The van der Waals surface area contributed by atoms with Gasteiger partial charge in [-0.05, 0) is 33.8 Å². The molecule has 96 valence electrons. The highest BCUT2D eigenvalue weighted by Crippen LogP contribution is 2.23. The molecule has 1 rings (SSSR count). The highest BCUT2D eigenvalue weighted by molar-refractivity contribution is 7.84. The van der Waals surface area contributed by atoms with Gasteiger partial charge in [-0.3, -0.25) is 4.79 Å². The fourth-order valence-corrected chi connectivity index (χ4v) is 2.89. The van der Waals surface area contributed by atoms with Gasteiger partial charge in [-0.15, -0.1) is 11.3 Å². The number of primary amides is 1. The molecule has 1 unspecified atom stereocenters. The number of nitrogens with two attached hydrogens (primary N) is 1. The van der Waals surface area contributed by atoms with Crippen LogP contribution in [0.15, 0.2) is 11.4 Å². The second-order valence-electron chi connectivity index (χ2n) is 4.82. The third-order valence-electron chi connectivity index (χ3n) is 2.17. The topological polar surface area (TPSA) is 72.2 Å². The van der Waals surface area contributed by atoms with Gasteiger partial charge >= 0.3 is 0 Å². The van der Waals surface area contributed by atoms with Crippen molar-refractivity contribution >= 4 is 28.2 Å². The molecule has 4 nitrogen and oxygen atoms in total. The Hall–Kier alpha value is -0.720. The summed E-state index contributed by atoms with van der Waals surface area (Å²) >= 11 is 1.44. The Bertz CT molecular complexity index is 435. The number of carbonyl (C=O) groups excluding carboxylic acids is 1. The molecule has 2 atom stereocenters. The average Bonchev–Trinajstić information content (AvgIpc) is 2.64. The van der Waals surface area contributed by atoms with E-state index >= 15 is 0 Å². The van der Waals surface area contributed by atoms with Crippen LogP contribution in [0.3, 0.4) is 0 Å². The van der Waals surface area contributed by atoms with Gasteiger partial charge in [0.25, 0.3) is 0 Å². The molecule has 0 spiro atoms. The highest BCUT2D eigenvalue weighted by Gasteiger charge is 2.22. The molecule has 1 aromatic heterocycles. The fourth-order valence-electron chi connectivity index (χ4n) is 1.10. The minimum atomic E-state index is -1.13. The molecule has 1 heterocycles. The zero-order valence-corrected chi connectivity index (χ0v) is 12.1. The van der Waals surface area contributed by atoms with Crippen molar-refractivity contribution < 1.29 is 9.00 Å². The predicted molar refractivity (Wildman–Crippen MR) is 72.3 cm³/mol. The van der Waals surface area contributed by atoms with E-state index in [4.69, 9.17) is 5.73 Å². The maximum atomic E-state index is 11.9. The number of thiophene rings is 1. The number of hydrogen-bond acceptors (Lipinski definition) is 3. The lowest BCUT2D eigenvalue weighted by Gasteiger charge is -2.21. The average molecular weight is 274 g/mol. The van der Waals surface area contributed by atoms with E-state index in [1.807, 2.05) is 27.7 Å². The van der Waals surface area contributed by atoms with Crippen molar-refractivity contribution in [3.05, 3.63) is 21.9 Å². The zero-order valence-electron chi connectivity index (χ0n) is 10.4. The first-order valence-electron chi connectivity index (χ1n) is 5.28. The molecule has 0 aromatic carbocycles. The van der Waals surface area contributed by atoms with Gasteiger partial charge in [0.05, 0.1) is 27.3 Å². The van der Waals surface area contributed by atoms with Crippen LogP contribution in [0.5, 0.6) is 0 Å². The van der Waals surface area contributed by atoms with Crippen LogP contribution < -0.4 is 10.5 Å². The molecule has 0 aliphatic carbocycles. The minimum absolute atomic E-state index is 0.0619. The largest absolute Gasteiger partial charge is 0.366 e. The molecular weight excluding hydrogens is 256 g/mol. The van der Waals surface area contributed by atoms with Crippen molar-refractivity contribution in [1.82, 2.24) is 4.72 Å². The Kier molecular flexibility index (Phi) is 4.46. The van der Waals surface area contributed by atoms with Crippen LogP contribution in [0.2, 0.25) is 0 Å².